The lowest BCUT2D eigenvalue weighted by molar-refractivity contribution is -0.146. The normalized spacial score (nSPS) is 15.1. The van der Waals surface area contributed by atoms with Crippen LogP contribution in [0.4, 0.5) is 0 Å². The molecular formula is C17H18ClNO3. The zero-order valence-electron chi connectivity index (χ0n) is 12.3. The number of benzene rings is 1. The zero-order valence-corrected chi connectivity index (χ0v) is 13.0. The second kappa shape index (κ2) is 6.97. The molecule has 1 aliphatic rings. The van der Waals surface area contributed by atoms with Crippen molar-refractivity contribution in [3.63, 3.8) is 0 Å². The van der Waals surface area contributed by atoms with Gasteiger partial charge in [0.05, 0.1) is 0 Å². The van der Waals surface area contributed by atoms with Gasteiger partial charge in [0.2, 0.25) is 0 Å². The fourth-order valence-electron chi connectivity index (χ4n) is 2.79. The first-order valence-electron chi connectivity index (χ1n) is 7.58. The third-order valence-electron chi connectivity index (χ3n) is 4.00. The van der Waals surface area contributed by atoms with Crippen molar-refractivity contribution in [2.75, 3.05) is 0 Å². The number of esters is 1. The predicted octanol–water partition coefficient (Wildman–Crippen LogP) is 4.62. The van der Waals surface area contributed by atoms with E-state index in [1.54, 1.807) is 18.2 Å². The van der Waals surface area contributed by atoms with E-state index in [1.807, 2.05) is 12.1 Å². The lowest BCUT2D eigenvalue weighted by Gasteiger charge is -2.07. The monoisotopic (exact) mass is 319 g/mol. The number of aromatic nitrogens is 1. The molecule has 4 nitrogen and oxygen atoms in total. The number of hydrogen-bond donors (Lipinski definition) is 0. The first-order valence-corrected chi connectivity index (χ1v) is 7.95. The fraction of sp³-hybridized carbons (Fsp3) is 0.412. The van der Waals surface area contributed by atoms with Gasteiger partial charge in [-0.1, -0.05) is 29.6 Å². The third-order valence-corrected chi connectivity index (χ3v) is 4.25. The highest BCUT2D eigenvalue weighted by atomic mass is 35.5. The third kappa shape index (κ3) is 3.89. The topological polar surface area (TPSA) is 52.3 Å². The minimum atomic E-state index is -0.150. The standard InChI is InChI=1S/C17H18ClNO3/c18-14-7-5-13(6-8-14)16-10-15(19-22-16)11-21-17(20)9-12-3-1-2-4-12/h5-8,10,12H,1-4,9,11H2. The summed E-state index contributed by atoms with van der Waals surface area (Å²) in [4.78, 5) is 11.8. The molecular weight excluding hydrogens is 302 g/mol. The first kappa shape index (κ1) is 15.1. The average molecular weight is 320 g/mol. The fourth-order valence-corrected chi connectivity index (χ4v) is 2.92. The summed E-state index contributed by atoms with van der Waals surface area (Å²) < 4.78 is 10.5. The van der Waals surface area contributed by atoms with Crippen molar-refractivity contribution in [1.29, 1.82) is 0 Å². The number of hydrogen-bond acceptors (Lipinski definition) is 4. The number of halogens is 1. The lowest BCUT2D eigenvalue weighted by atomic mass is 10.0. The Morgan fingerprint density at radius 3 is 2.73 bits per heavy atom. The second-order valence-corrected chi connectivity index (χ2v) is 6.14. The Morgan fingerprint density at radius 1 is 1.27 bits per heavy atom. The molecule has 116 valence electrons. The molecule has 22 heavy (non-hydrogen) atoms. The van der Waals surface area contributed by atoms with Crippen LogP contribution in [-0.4, -0.2) is 11.1 Å². The van der Waals surface area contributed by atoms with Gasteiger partial charge in [0.25, 0.3) is 0 Å². The van der Waals surface area contributed by atoms with Crippen LogP contribution in [0, 0.1) is 5.92 Å². The average Bonchev–Trinajstić information content (AvgIpc) is 3.17. The van der Waals surface area contributed by atoms with Crippen molar-refractivity contribution in [3.05, 3.63) is 41.0 Å². The quantitative estimate of drug-likeness (QED) is 0.755. The smallest absolute Gasteiger partial charge is 0.306 e. The number of nitrogens with zero attached hydrogens (tertiary/aromatic N) is 1. The molecule has 0 saturated heterocycles. The van der Waals surface area contributed by atoms with Crippen LogP contribution in [0.5, 0.6) is 0 Å². The lowest BCUT2D eigenvalue weighted by Crippen LogP contribution is -2.09. The highest BCUT2D eigenvalue weighted by Crippen LogP contribution is 2.28. The molecule has 1 aromatic heterocycles. The summed E-state index contributed by atoms with van der Waals surface area (Å²) in [6, 6.07) is 9.09. The summed E-state index contributed by atoms with van der Waals surface area (Å²) in [6.45, 7) is 0.155. The molecule has 0 spiro atoms. The van der Waals surface area contributed by atoms with Gasteiger partial charge in [-0.25, -0.2) is 0 Å². The van der Waals surface area contributed by atoms with E-state index in [-0.39, 0.29) is 12.6 Å². The molecule has 0 aliphatic heterocycles. The molecule has 1 fully saturated rings. The summed E-state index contributed by atoms with van der Waals surface area (Å²) in [7, 11) is 0. The summed E-state index contributed by atoms with van der Waals surface area (Å²) in [5, 5.41) is 4.60. The van der Waals surface area contributed by atoms with Gasteiger partial charge >= 0.3 is 5.97 Å². The molecule has 0 N–H and O–H groups in total. The van der Waals surface area contributed by atoms with Gasteiger partial charge in [0, 0.05) is 23.1 Å². The van der Waals surface area contributed by atoms with Crippen molar-refractivity contribution in [2.24, 2.45) is 5.92 Å². The van der Waals surface area contributed by atoms with Gasteiger partial charge in [-0.2, -0.15) is 0 Å². The van der Waals surface area contributed by atoms with Crippen LogP contribution in [0.2, 0.25) is 5.02 Å². The molecule has 1 heterocycles. The van der Waals surface area contributed by atoms with Crippen molar-refractivity contribution < 1.29 is 14.1 Å². The van der Waals surface area contributed by atoms with E-state index in [2.05, 4.69) is 5.16 Å². The Morgan fingerprint density at radius 2 is 2.00 bits per heavy atom. The van der Waals surface area contributed by atoms with Crippen molar-refractivity contribution in [2.45, 2.75) is 38.7 Å². The van der Waals surface area contributed by atoms with Gasteiger partial charge in [0.1, 0.15) is 12.3 Å². The van der Waals surface area contributed by atoms with Crippen LogP contribution in [0.15, 0.2) is 34.9 Å². The molecule has 5 heteroatoms. The SMILES string of the molecule is O=C(CC1CCCC1)OCc1cc(-c2ccc(Cl)cc2)on1. The van der Waals surface area contributed by atoms with E-state index < -0.39 is 0 Å². The molecule has 0 atom stereocenters. The zero-order chi connectivity index (χ0) is 15.4. The second-order valence-electron chi connectivity index (χ2n) is 5.70. The maximum atomic E-state index is 11.8. The summed E-state index contributed by atoms with van der Waals surface area (Å²) in [6.07, 6.45) is 5.25. The van der Waals surface area contributed by atoms with Gasteiger partial charge < -0.3 is 9.26 Å². The molecule has 1 saturated carbocycles. The number of ether oxygens (including phenoxy) is 1. The van der Waals surface area contributed by atoms with Crippen molar-refractivity contribution >= 4 is 17.6 Å². The largest absolute Gasteiger partial charge is 0.459 e. The first-order chi connectivity index (χ1) is 10.7. The van der Waals surface area contributed by atoms with Crippen molar-refractivity contribution in [3.8, 4) is 11.3 Å². The Kier molecular flexibility index (Phi) is 4.78. The van der Waals surface area contributed by atoms with E-state index >= 15 is 0 Å². The molecule has 0 amide bonds. The van der Waals surface area contributed by atoms with Crippen LogP contribution in [-0.2, 0) is 16.1 Å². The maximum Gasteiger partial charge on any atom is 0.306 e. The van der Waals surface area contributed by atoms with E-state index in [1.165, 1.54) is 12.8 Å². The van der Waals surface area contributed by atoms with E-state index in [0.717, 1.165) is 18.4 Å². The van der Waals surface area contributed by atoms with Crippen LogP contribution in [0.3, 0.4) is 0 Å². The van der Waals surface area contributed by atoms with Gasteiger partial charge in [-0.05, 0) is 43.0 Å². The molecule has 1 aliphatic carbocycles. The molecule has 0 unspecified atom stereocenters. The molecule has 1 aromatic carbocycles. The van der Waals surface area contributed by atoms with Gasteiger partial charge in [-0.15, -0.1) is 0 Å². The number of carbonyl (C=O) groups is 1. The Hall–Kier alpha value is -1.81. The Balaban J connectivity index is 1.53. The van der Waals surface area contributed by atoms with E-state index in [9.17, 15) is 4.79 Å². The molecule has 0 radical (unpaired) electrons. The van der Waals surface area contributed by atoms with Crippen molar-refractivity contribution in [1.82, 2.24) is 5.16 Å². The predicted molar refractivity (Wildman–Crippen MR) is 83.3 cm³/mol. The van der Waals surface area contributed by atoms with Gasteiger partial charge in [-0.3, -0.25) is 4.79 Å². The minimum absolute atomic E-state index is 0.150. The Labute approximate surface area is 134 Å². The van der Waals surface area contributed by atoms with Gasteiger partial charge in [0.15, 0.2) is 5.76 Å². The number of rotatable bonds is 5. The Bertz CT molecular complexity index is 630. The maximum absolute atomic E-state index is 11.8. The van der Waals surface area contributed by atoms with Crippen LogP contribution in [0.1, 0.15) is 37.8 Å². The molecule has 2 aromatic rings. The van der Waals surface area contributed by atoms with Crippen LogP contribution in [0.25, 0.3) is 11.3 Å². The highest BCUT2D eigenvalue weighted by molar-refractivity contribution is 6.30. The molecule has 0 bridgehead atoms. The van der Waals surface area contributed by atoms with Crippen LogP contribution >= 0.6 is 11.6 Å². The summed E-state index contributed by atoms with van der Waals surface area (Å²) in [5.74, 6) is 0.982. The highest BCUT2D eigenvalue weighted by Gasteiger charge is 2.19. The molecule has 3 rings (SSSR count). The minimum Gasteiger partial charge on any atom is -0.459 e. The van der Waals surface area contributed by atoms with E-state index in [0.29, 0.717) is 28.8 Å². The summed E-state index contributed by atoms with van der Waals surface area (Å²) >= 11 is 5.85. The number of carbonyl (C=O) groups excluding carboxylic acids is 1. The van der Waals surface area contributed by atoms with E-state index in [4.69, 9.17) is 20.9 Å². The van der Waals surface area contributed by atoms with Crippen LogP contribution < -0.4 is 0 Å². The summed E-state index contributed by atoms with van der Waals surface area (Å²) in [5.41, 5.74) is 1.50.